The molecule has 2 aromatic heterocycles. The van der Waals surface area contributed by atoms with Crippen molar-refractivity contribution in [1.29, 1.82) is 0 Å². The van der Waals surface area contributed by atoms with Gasteiger partial charge in [-0.05, 0) is 57.0 Å². The second-order valence-corrected chi connectivity index (χ2v) is 8.77. The maximum absolute atomic E-state index is 13.5. The zero-order chi connectivity index (χ0) is 20.8. The summed E-state index contributed by atoms with van der Waals surface area (Å²) < 4.78 is 4.35. The third-order valence-corrected chi connectivity index (χ3v) is 6.50. The van der Waals surface area contributed by atoms with Gasteiger partial charge in [-0.3, -0.25) is 9.89 Å². The summed E-state index contributed by atoms with van der Waals surface area (Å²) in [6.45, 7) is 3.41. The van der Waals surface area contributed by atoms with E-state index in [0.29, 0.717) is 22.9 Å². The summed E-state index contributed by atoms with van der Waals surface area (Å²) in [4.78, 5) is 15.4. The van der Waals surface area contributed by atoms with Crippen LogP contribution in [0.4, 0.5) is 0 Å². The van der Waals surface area contributed by atoms with Crippen LogP contribution in [-0.2, 0) is 7.05 Å². The molecule has 1 saturated carbocycles. The van der Waals surface area contributed by atoms with Gasteiger partial charge in [-0.1, -0.05) is 22.9 Å². The van der Waals surface area contributed by atoms with Crippen molar-refractivity contribution >= 4 is 18.1 Å². The highest BCUT2D eigenvalue weighted by atomic mass is 32.1. The maximum atomic E-state index is 13.5. The van der Waals surface area contributed by atoms with Crippen LogP contribution in [0.5, 0.6) is 0 Å². The molecule has 0 bridgehead atoms. The molecule has 3 heterocycles. The SMILES string of the molecule is Cc1ccc(-n2nnc(C(=O)N3CCCC(c4n[nH]c(=S)n4C)C3)c2C2CC2)cc1. The van der Waals surface area contributed by atoms with Gasteiger partial charge in [0.15, 0.2) is 10.5 Å². The van der Waals surface area contributed by atoms with Gasteiger partial charge in [0.25, 0.3) is 5.91 Å². The Kier molecular flexibility index (Phi) is 4.77. The Hall–Kier alpha value is -2.81. The molecular weight excluding hydrogens is 398 g/mol. The topological polar surface area (TPSA) is 84.6 Å². The van der Waals surface area contributed by atoms with Gasteiger partial charge in [0.05, 0.1) is 11.4 Å². The average molecular weight is 424 g/mol. The molecule has 3 aromatic rings. The van der Waals surface area contributed by atoms with E-state index < -0.39 is 0 Å². The molecule has 1 unspecified atom stereocenters. The molecule has 1 amide bonds. The summed E-state index contributed by atoms with van der Waals surface area (Å²) in [5.74, 6) is 1.39. The van der Waals surface area contributed by atoms with Crippen LogP contribution < -0.4 is 0 Å². The molecule has 8 nitrogen and oxygen atoms in total. The maximum Gasteiger partial charge on any atom is 0.276 e. The van der Waals surface area contributed by atoms with Gasteiger partial charge in [0.1, 0.15) is 5.82 Å². The third-order valence-electron chi connectivity index (χ3n) is 6.14. The van der Waals surface area contributed by atoms with E-state index in [2.05, 4.69) is 39.6 Å². The number of nitrogens with one attached hydrogen (secondary N) is 1. The van der Waals surface area contributed by atoms with Crippen molar-refractivity contribution in [3.05, 3.63) is 51.8 Å². The molecule has 0 radical (unpaired) electrons. The lowest BCUT2D eigenvalue weighted by Gasteiger charge is -2.31. The highest BCUT2D eigenvalue weighted by Crippen LogP contribution is 2.42. The van der Waals surface area contributed by atoms with Crippen molar-refractivity contribution in [2.75, 3.05) is 13.1 Å². The lowest BCUT2D eigenvalue weighted by molar-refractivity contribution is 0.0696. The van der Waals surface area contributed by atoms with Crippen LogP contribution in [0.1, 0.15) is 65.1 Å². The van der Waals surface area contributed by atoms with Gasteiger partial charge >= 0.3 is 0 Å². The van der Waals surface area contributed by atoms with Crippen LogP contribution in [-0.4, -0.2) is 53.7 Å². The number of hydrogen-bond donors (Lipinski definition) is 1. The molecule has 156 valence electrons. The monoisotopic (exact) mass is 423 g/mol. The van der Waals surface area contributed by atoms with Gasteiger partial charge in [-0.25, -0.2) is 4.68 Å². The number of carbonyl (C=O) groups excluding carboxylic acids is 1. The summed E-state index contributed by atoms with van der Waals surface area (Å²) in [5.41, 5.74) is 3.58. The van der Waals surface area contributed by atoms with Crippen LogP contribution in [0.15, 0.2) is 24.3 Å². The van der Waals surface area contributed by atoms with Crippen molar-refractivity contribution in [3.63, 3.8) is 0 Å². The minimum absolute atomic E-state index is 0.0308. The van der Waals surface area contributed by atoms with Crippen LogP contribution >= 0.6 is 12.2 Å². The largest absolute Gasteiger partial charge is 0.336 e. The van der Waals surface area contributed by atoms with Crippen molar-refractivity contribution in [2.45, 2.75) is 44.4 Å². The first-order chi connectivity index (χ1) is 14.5. The van der Waals surface area contributed by atoms with Gasteiger partial charge in [-0.2, -0.15) is 5.10 Å². The van der Waals surface area contributed by atoms with Crippen molar-refractivity contribution in [3.8, 4) is 5.69 Å². The van der Waals surface area contributed by atoms with Gasteiger partial charge in [0.2, 0.25) is 0 Å². The summed E-state index contributed by atoms with van der Waals surface area (Å²) in [6, 6.07) is 8.18. The first-order valence-electron chi connectivity index (χ1n) is 10.5. The van der Waals surface area contributed by atoms with E-state index in [1.54, 1.807) is 0 Å². The predicted octanol–water partition coefficient (Wildman–Crippen LogP) is 3.26. The fourth-order valence-corrected chi connectivity index (χ4v) is 4.43. The number of amides is 1. The molecule has 1 aromatic carbocycles. The molecule has 9 heteroatoms. The number of hydrogen-bond acceptors (Lipinski definition) is 5. The number of nitrogens with zero attached hydrogens (tertiary/aromatic N) is 6. The first kappa shape index (κ1) is 19.2. The number of carbonyl (C=O) groups is 1. The fraction of sp³-hybridized carbons (Fsp3) is 0.476. The number of H-pyrrole nitrogens is 1. The van der Waals surface area contributed by atoms with E-state index in [1.807, 2.05) is 33.3 Å². The normalized spacial score (nSPS) is 19.3. The Morgan fingerprint density at radius 1 is 1.17 bits per heavy atom. The lowest BCUT2D eigenvalue weighted by atomic mass is 9.96. The molecule has 2 aliphatic rings. The van der Waals surface area contributed by atoms with E-state index in [0.717, 1.165) is 49.4 Å². The molecular formula is C21H25N7OS. The predicted molar refractivity (Wildman–Crippen MR) is 114 cm³/mol. The number of aromatic amines is 1. The van der Waals surface area contributed by atoms with Crippen molar-refractivity contribution in [2.24, 2.45) is 7.05 Å². The highest BCUT2D eigenvalue weighted by Gasteiger charge is 2.37. The molecule has 1 atom stereocenters. The molecule has 0 spiro atoms. The summed E-state index contributed by atoms with van der Waals surface area (Å²) in [5, 5.41) is 16.0. The summed E-state index contributed by atoms with van der Waals surface area (Å²) in [6.07, 6.45) is 4.07. The Labute approximate surface area is 179 Å². The highest BCUT2D eigenvalue weighted by molar-refractivity contribution is 7.71. The first-order valence-corrected chi connectivity index (χ1v) is 10.9. The van der Waals surface area contributed by atoms with Gasteiger partial charge in [0, 0.05) is 32.0 Å². The average Bonchev–Trinajstić information content (AvgIpc) is 3.42. The number of rotatable bonds is 4. The Balaban J connectivity index is 1.44. The van der Waals surface area contributed by atoms with Crippen LogP contribution in [0.3, 0.4) is 0 Å². The Morgan fingerprint density at radius 3 is 2.60 bits per heavy atom. The summed E-state index contributed by atoms with van der Waals surface area (Å²) >= 11 is 5.25. The van der Waals surface area contributed by atoms with Gasteiger partial charge in [-0.15, -0.1) is 5.10 Å². The Bertz CT molecular complexity index is 1140. The number of piperidine rings is 1. The minimum atomic E-state index is -0.0308. The molecule has 1 aliphatic heterocycles. The van der Waals surface area contributed by atoms with Crippen LogP contribution in [0.25, 0.3) is 5.69 Å². The second kappa shape index (κ2) is 7.46. The Morgan fingerprint density at radius 2 is 1.93 bits per heavy atom. The molecule has 1 N–H and O–H groups in total. The standard InChI is InChI=1S/C21H25N7OS/c1-13-5-9-16(10-6-13)28-18(14-7-8-14)17(22-25-28)20(29)27-11-3-4-15(12-27)19-23-24-21(30)26(19)2/h5-6,9-10,14-15H,3-4,7-8,11-12H2,1-2H3,(H,24,30). The van der Waals surface area contributed by atoms with Crippen molar-refractivity contribution in [1.82, 2.24) is 34.7 Å². The second-order valence-electron chi connectivity index (χ2n) is 8.38. The zero-order valence-corrected chi connectivity index (χ0v) is 18.0. The number of aromatic nitrogens is 6. The molecule has 1 saturated heterocycles. The van der Waals surface area contributed by atoms with Gasteiger partial charge < -0.3 is 9.47 Å². The van der Waals surface area contributed by atoms with Crippen molar-refractivity contribution < 1.29 is 4.79 Å². The van der Waals surface area contributed by atoms with Crippen LogP contribution in [0, 0.1) is 11.7 Å². The number of likely N-dealkylation sites (tertiary alicyclic amines) is 1. The lowest BCUT2D eigenvalue weighted by Crippen LogP contribution is -2.40. The van der Waals surface area contributed by atoms with E-state index in [-0.39, 0.29) is 11.8 Å². The van der Waals surface area contributed by atoms with E-state index >= 15 is 0 Å². The van der Waals surface area contributed by atoms with E-state index in [9.17, 15) is 4.79 Å². The molecule has 1 aliphatic carbocycles. The zero-order valence-electron chi connectivity index (χ0n) is 17.2. The molecule has 2 fully saturated rings. The fourth-order valence-electron chi connectivity index (χ4n) is 4.29. The van der Waals surface area contributed by atoms with E-state index in [4.69, 9.17) is 12.2 Å². The number of benzene rings is 1. The number of aryl methyl sites for hydroxylation is 1. The van der Waals surface area contributed by atoms with Crippen LogP contribution in [0.2, 0.25) is 0 Å². The van der Waals surface area contributed by atoms with E-state index in [1.165, 1.54) is 5.56 Å². The molecule has 30 heavy (non-hydrogen) atoms. The molecule has 5 rings (SSSR count). The third kappa shape index (κ3) is 3.36. The quantitative estimate of drug-likeness (QED) is 0.651. The minimum Gasteiger partial charge on any atom is -0.336 e. The smallest absolute Gasteiger partial charge is 0.276 e. The summed E-state index contributed by atoms with van der Waals surface area (Å²) in [7, 11) is 1.92.